The highest BCUT2D eigenvalue weighted by atomic mass is 35.5. The SMILES string of the molecule is CCOC(=O)c1ccc2c(c1)[C@@H]1C=CC[C@H]1[C@H](c1ccc(Cl)cc1Cl)N2. The van der Waals surface area contributed by atoms with Crippen LogP contribution in [0.4, 0.5) is 5.69 Å². The van der Waals surface area contributed by atoms with Gasteiger partial charge in [-0.3, -0.25) is 0 Å². The van der Waals surface area contributed by atoms with Crippen LogP contribution in [0.15, 0.2) is 48.6 Å². The van der Waals surface area contributed by atoms with Gasteiger partial charge in [-0.25, -0.2) is 4.79 Å². The number of rotatable bonds is 3. The summed E-state index contributed by atoms with van der Waals surface area (Å²) in [7, 11) is 0. The number of hydrogen-bond donors (Lipinski definition) is 1. The third kappa shape index (κ3) is 3.00. The van der Waals surface area contributed by atoms with Crippen molar-refractivity contribution in [3.63, 3.8) is 0 Å². The number of fused-ring (bicyclic) bond motifs is 3. The summed E-state index contributed by atoms with van der Waals surface area (Å²) < 4.78 is 5.14. The zero-order valence-corrected chi connectivity index (χ0v) is 15.8. The zero-order valence-electron chi connectivity index (χ0n) is 14.3. The van der Waals surface area contributed by atoms with E-state index in [2.05, 4.69) is 17.5 Å². The number of carbonyl (C=O) groups excluding carboxylic acids is 1. The van der Waals surface area contributed by atoms with E-state index < -0.39 is 0 Å². The lowest BCUT2D eigenvalue weighted by Crippen LogP contribution is -2.29. The summed E-state index contributed by atoms with van der Waals surface area (Å²) in [5.74, 6) is 0.313. The average molecular weight is 388 g/mol. The summed E-state index contributed by atoms with van der Waals surface area (Å²) in [6.45, 7) is 2.19. The molecule has 2 aromatic rings. The number of hydrogen-bond acceptors (Lipinski definition) is 3. The Bertz CT molecular complexity index is 894. The Labute approximate surface area is 163 Å². The predicted octanol–water partition coefficient (Wildman–Crippen LogP) is 6.00. The van der Waals surface area contributed by atoms with Gasteiger partial charge >= 0.3 is 5.97 Å². The highest BCUT2D eigenvalue weighted by Gasteiger charge is 2.38. The van der Waals surface area contributed by atoms with Crippen LogP contribution in [0.2, 0.25) is 10.0 Å². The zero-order chi connectivity index (χ0) is 18.3. The van der Waals surface area contributed by atoms with E-state index in [4.69, 9.17) is 27.9 Å². The van der Waals surface area contributed by atoms with Gasteiger partial charge in [0.1, 0.15) is 0 Å². The average Bonchev–Trinajstić information content (AvgIpc) is 3.11. The van der Waals surface area contributed by atoms with E-state index in [9.17, 15) is 4.79 Å². The second kappa shape index (κ2) is 6.98. The third-order valence-corrected chi connectivity index (χ3v) is 5.73. The highest BCUT2D eigenvalue weighted by molar-refractivity contribution is 6.35. The predicted molar refractivity (Wildman–Crippen MR) is 105 cm³/mol. The van der Waals surface area contributed by atoms with Crippen molar-refractivity contribution in [2.24, 2.45) is 5.92 Å². The van der Waals surface area contributed by atoms with Crippen LogP contribution < -0.4 is 5.32 Å². The van der Waals surface area contributed by atoms with Crippen LogP contribution in [0.1, 0.15) is 46.8 Å². The van der Waals surface area contributed by atoms with Crippen molar-refractivity contribution in [1.82, 2.24) is 0 Å². The molecule has 134 valence electrons. The quantitative estimate of drug-likeness (QED) is 0.518. The smallest absolute Gasteiger partial charge is 0.338 e. The molecule has 1 heterocycles. The summed E-state index contributed by atoms with van der Waals surface area (Å²) in [5, 5.41) is 4.93. The standard InChI is InChI=1S/C21H19Cl2NO2/c1-2-26-21(25)12-6-9-19-17(10-12)14-4-3-5-15(14)20(24-19)16-8-7-13(22)11-18(16)23/h3-4,6-11,14-15,20,24H,2,5H2,1H3/t14-,15-,20-/m1/s1. The van der Waals surface area contributed by atoms with Crippen molar-refractivity contribution in [3.8, 4) is 0 Å². The molecule has 1 aliphatic carbocycles. The molecule has 4 rings (SSSR count). The first-order chi connectivity index (χ1) is 12.6. The van der Waals surface area contributed by atoms with Crippen LogP contribution in [0.5, 0.6) is 0 Å². The molecule has 26 heavy (non-hydrogen) atoms. The second-order valence-electron chi connectivity index (χ2n) is 6.66. The van der Waals surface area contributed by atoms with Crippen molar-refractivity contribution in [2.45, 2.75) is 25.3 Å². The number of benzene rings is 2. The number of halogens is 2. The minimum atomic E-state index is -0.281. The van der Waals surface area contributed by atoms with Gasteiger partial charge in [-0.05, 0) is 60.7 Å². The fourth-order valence-corrected chi connectivity index (χ4v) is 4.52. The first-order valence-corrected chi connectivity index (χ1v) is 9.53. The molecule has 3 atom stereocenters. The molecular formula is C21H19Cl2NO2. The lowest BCUT2D eigenvalue weighted by molar-refractivity contribution is 0.0526. The largest absolute Gasteiger partial charge is 0.462 e. The van der Waals surface area contributed by atoms with Gasteiger partial charge in [-0.15, -0.1) is 0 Å². The maximum atomic E-state index is 12.1. The van der Waals surface area contributed by atoms with Gasteiger partial charge in [0.15, 0.2) is 0 Å². The topological polar surface area (TPSA) is 38.3 Å². The van der Waals surface area contributed by atoms with E-state index in [1.807, 2.05) is 37.3 Å². The molecule has 0 amide bonds. The fourth-order valence-electron chi connectivity index (χ4n) is 4.00. The number of ether oxygens (including phenoxy) is 1. The van der Waals surface area contributed by atoms with Crippen LogP contribution in [-0.4, -0.2) is 12.6 Å². The molecule has 5 heteroatoms. The maximum absolute atomic E-state index is 12.1. The number of esters is 1. The molecule has 0 saturated carbocycles. The third-order valence-electron chi connectivity index (χ3n) is 5.17. The van der Waals surface area contributed by atoms with Gasteiger partial charge in [0.05, 0.1) is 18.2 Å². The van der Waals surface area contributed by atoms with Crippen LogP contribution in [-0.2, 0) is 4.74 Å². The molecule has 0 saturated heterocycles. The maximum Gasteiger partial charge on any atom is 0.338 e. The van der Waals surface area contributed by atoms with E-state index in [-0.39, 0.29) is 17.9 Å². The van der Waals surface area contributed by atoms with Crippen molar-refractivity contribution in [3.05, 3.63) is 75.3 Å². The first kappa shape index (κ1) is 17.4. The number of carbonyl (C=O) groups is 1. The van der Waals surface area contributed by atoms with E-state index in [1.165, 1.54) is 0 Å². The molecule has 0 radical (unpaired) electrons. The van der Waals surface area contributed by atoms with Crippen molar-refractivity contribution in [2.75, 3.05) is 11.9 Å². The molecule has 3 nitrogen and oxygen atoms in total. The summed E-state index contributed by atoms with van der Waals surface area (Å²) in [5.41, 5.74) is 3.81. The molecule has 0 fully saturated rings. The van der Waals surface area contributed by atoms with E-state index >= 15 is 0 Å². The number of nitrogens with one attached hydrogen (secondary N) is 1. The molecule has 0 unspecified atom stereocenters. The van der Waals surface area contributed by atoms with Crippen LogP contribution in [0.25, 0.3) is 0 Å². The normalized spacial score (nSPS) is 23.1. The molecule has 2 aliphatic rings. The molecule has 0 bridgehead atoms. The van der Waals surface area contributed by atoms with Gasteiger partial charge in [-0.1, -0.05) is 41.4 Å². The van der Waals surface area contributed by atoms with Gasteiger partial charge < -0.3 is 10.1 Å². The summed E-state index contributed by atoms with van der Waals surface area (Å²) in [6.07, 6.45) is 5.40. The second-order valence-corrected chi connectivity index (χ2v) is 7.51. The van der Waals surface area contributed by atoms with Crippen molar-refractivity contribution < 1.29 is 9.53 Å². The monoisotopic (exact) mass is 387 g/mol. The molecular weight excluding hydrogens is 369 g/mol. The summed E-state index contributed by atoms with van der Waals surface area (Å²) >= 11 is 12.5. The van der Waals surface area contributed by atoms with E-state index in [0.717, 1.165) is 23.2 Å². The Kier molecular flexibility index (Phi) is 4.68. The van der Waals surface area contributed by atoms with Crippen LogP contribution in [0.3, 0.4) is 0 Å². The Morgan fingerprint density at radius 2 is 2.04 bits per heavy atom. The first-order valence-electron chi connectivity index (χ1n) is 8.77. The van der Waals surface area contributed by atoms with E-state index in [1.54, 1.807) is 6.07 Å². The summed E-state index contributed by atoms with van der Waals surface area (Å²) in [4.78, 5) is 12.1. The van der Waals surface area contributed by atoms with Crippen LogP contribution >= 0.6 is 23.2 Å². The molecule has 0 aromatic heterocycles. The van der Waals surface area contributed by atoms with Crippen molar-refractivity contribution >= 4 is 34.9 Å². The van der Waals surface area contributed by atoms with E-state index in [0.29, 0.717) is 28.1 Å². The minimum Gasteiger partial charge on any atom is -0.462 e. The molecule has 2 aromatic carbocycles. The van der Waals surface area contributed by atoms with Gasteiger partial charge in [0.25, 0.3) is 0 Å². The lowest BCUT2D eigenvalue weighted by atomic mass is 9.76. The Hall–Kier alpha value is -1.97. The molecule has 0 spiro atoms. The van der Waals surface area contributed by atoms with Gasteiger partial charge in [0, 0.05) is 21.7 Å². The number of allylic oxidation sites excluding steroid dienone is 2. The summed E-state index contributed by atoms with van der Waals surface area (Å²) in [6, 6.07) is 11.5. The Morgan fingerprint density at radius 1 is 1.19 bits per heavy atom. The Balaban J connectivity index is 1.73. The highest BCUT2D eigenvalue weighted by Crippen LogP contribution is 2.51. The lowest BCUT2D eigenvalue weighted by Gasteiger charge is -2.38. The van der Waals surface area contributed by atoms with Gasteiger partial charge in [0.2, 0.25) is 0 Å². The number of anilines is 1. The fraction of sp³-hybridized carbons (Fsp3) is 0.286. The minimum absolute atomic E-state index is 0.0979. The molecule has 1 aliphatic heterocycles. The van der Waals surface area contributed by atoms with Crippen molar-refractivity contribution in [1.29, 1.82) is 0 Å². The molecule has 1 N–H and O–H groups in total. The van der Waals surface area contributed by atoms with Gasteiger partial charge in [-0.2, -0.15) is 0 Å². The van der Waals surface area contributed by atoms with Crippen LogP contribution in [0, 0.1) is 5.92 Å². The Morgan fingerprint density at radius 3 is 2.81 bits per heavy atom.